The smallest absolute Gasteiger partial charge is 0.385 e. The summed E-state index contributed by atoms with van der Waals surface area (Å²) in [6.45, 7) is 3.16. The van der Waals surface area contributed by atoms with Crippen molar-refractivity contribution < 1.29 is 23.8 Å². The lowest BCUT2D eigenvalue weighted by Crippen LogP contribution is -2.31. The first-order valence-electron chi connectivity index (χ1n) is 7.81. The number of ether oxygens (including phenoxy) is 1. The molecule has 7 nitrogen and oxygen atoms in total. The number of carbonyl (C=O) groups is 2. The lowest BCUT2D eigenvalue weighted by Gasteiger charge is -2.17. The van der Waals surface area contributed by atoms with Crippen LogP contribution in [0.15, 0.2) is 30.6 Å². The first-order chi connectivity index (χ1) is 12.7. The second-order valence-electron chi connectivity index (χ2n) is 6.14. The van der Waals surface area contributed by atoms with Gasteiger partial charge in [-0.05, 0) is 19.9 Å². The molecule has 0 aliphatic carbocycles. The van der Waals surface area contributed by atoms with E-state index in [0.717, 1.165) is 4.88 Å². The summed E-state index contributed by atoms with van der Waals surface area (Å²) in [5.41, 5.74) is -0.951. The Kier molecular flexibility index (Phi) is 4.91. The minimum atomic E-state index is -1.25. The maximum Gasteiger partial charge on any atom is 0.385 e. The Bertz CT molecular complexity index is 1090. The number of esters is 1. The number of imidazole rings is 1. The predicted octanol–water partition coefficient (Wildman–Crippen LogP) is 2.23. The number of rotatable bonds is 5. The fraction of sp³-hybridized carbons (Fsp3) is 0.222. The number of thiazole rings is 1. The third-order valence-corrected chi connectivity index (χ3v) is 4.86. The van der Waals surface area contributed by atoms with Crippen LogP contribution >= 0.6 is 22.9 Å². The van der Waals surface area contributed by atoms with E-state index in [2.05, 4.69) is 10.9 Å². The van der Waals surface area contributed by atoms with Crippen molar-refractivity contribution in [2.45, 2.75) is 26.0 Å². The van der Waals surface area contributed by atoms with E-state index in [1.165, 1.54) is 34.2 Å². The van der Waals surface area contributed by atoms with Gasteiger partial charge in [-0.1, -0.05) is 23.6 Å². The Morgan fingerprint density at radius 2 is 2.22 bits per heavy atom. The van der Waals surface area contributed by atoms with Crippen molar-refractivity contribution in [2.75, 3.05) is 0 Å². The normalized spacial score (nSPS) is 11.3. The van der Waals surface area contributed by atoms with E-state index in [0.29, 0.717) is 10.1 Å². The average molecular weight is 405 g/mol. The lowest BCUT2D eigenvalue weighted by atomic mass is 10.1. The van der Waals surface area contributed by atoms with Crippen LogP contribution in [0.2, 0.25) is 4.47 Å². The standard InChI is InChI=1S/C18H14ClN3O4S/c1-4-18(2,3)26-16(25)14(23)13-15(24)21-8-6-5-7-12(21)22(13)10-11-9-20-17(19)27-11/h1,5-9H,10H2,2-3H3/p+1. The van der Waals surface area contributed by atoms with Crippen molar-refractivity contribution in [1.82, 2.24) is 9.55 Å². The number of hydrogen-bond acceptors (Lipinski definition) is 6. The molecule has 0 radical (unpaired) electrons. The highest BCUT2D eigenvalue weighted by Gasteiger charge is 2.37. The molecule has 3 aromatic heterocycles. The molecule has 0 aliphatic rings. The van der Waals surface area contributed by atoms with E-state index >= 15 is 0 Å². The van der Waals surface area contributed by atoms with Gasteiger partial charge < -0.3 is 9.84 Å². The summed E-state index contributed by atoms with van der Waals surface area (Å²) in [6.07, 6.45) is 8.45. The maximum absolute atomic E-state index is 12.8. The van der Waals surface area contributed by atoms with Gasteiger partial charge in [-0.15, -0.1) is 17.8 Å². The van der Waals surface area contributed by atoms with Gasteiger partial charge in [0.25, 0.3) is 11.3 Å². The first-order valence-corrected chi connectivity index (χ1v) is 9.00. The van der Waals surface area contributed by atoms with Gasteiger partial charge in [-0.2, -0.15) is 4.40 Å². The van der Waals surface area contributed by atoms with E-state index in [9.17, 15) is 14.7 Å². The Hall–Kier alpha value is -2.89. The van der Waals surface area contributed by atoms with Gasteiger partial charge in [0.2, 0.25) is 0 Å². The van der Waals surface area contributed by atoms with Crippen LogP contribution < -0.4 is 4.40 Å². The van der Waals surface area contributed by atoms with Crippen LogP contribution in [0.1, 0.15) is 29.2 Å². The summed E-state index contributed by atoms with van der Waals surface area (Å²) >= 11 is 7.11. The molecule has 1 N–H and O–H groups in total. The van der Waals surface area contributed by atoms with Crippen molar-refractivity contribution in [1.29, 1.82) is 0 Å². The van der Waals surface area contributed by atoms with Crippen molar-refractivity contribution in [3.63, 3.8) is 0 Å². The lowest BCUT2D eigenvalue weighted by molar-refractivity contribution is -0.521. The van der Waals surface area contributed by atoms with Gasteiger partial charge >= 0.3 is 17.6 Å². The zero-order valence-electron chi connectivity index (χ0n) is 14.5. The summed E-state index contributed by atoms with van der Waals surface area (Å²) in [6, 6.07) is 5.14. The number of aromatic nitrogens is 3. The molecular formula is C18H15ClN3O4S+. The molecule has 27 heavy (non-hydrogen) atoms. The van der Waals surface area contributed by atoms with E-state index in [1.807, 2.05) is 0 Å². The second-order valence-corrected chi connectivity index (χ2v) is 7.84. The van der Waals surface area contributed by atoms with Crippen LogP contribution in [0, 0.1) is 12.3 Å². The van der Waals surface area contributed by atoms with Crippen LogP contribution in [-0.2, 0) is 16.1 Å². The van der Waals surface area contributed by atoms with E-state index < -0.39 is 17.4 Å². The van der Waals surface area contributed by atoms with E-state index in [1.54, 1.807) is 30.6 Å². The van der Waals surface area contributed by atoms with Crippen LogP contribution in [0.5, 0.6) is 5.88 Å². The molecule has 138 valence electrons. The Labute approximate surface area is 163 Å². The molecule has 0 amide bonds. The molecule has 0 fully saturated rings. The second kappa shape index (κ2) is 7.02. The Balaban J connectivity index is 2.10. The molecule has 0 spiro atoms. The highest BCUT2D eigenvalue weighted by Crippen LogP contribution is 2.24. The summed E-state index contributed by atoms with van der Waals surface area (Å²) in [5.74, 6) is -0.245. The van der Waals surface area contributed by atoms with Gasteiger partial charge in [0.1, 0.15) is 6.54 Å². The molecule has 3 heterocycles. The SMILES string of the molecule is C#CC(C)(C)OC(=O)C(=O)c1c(O)[n+]2ccccc2n1Cc1cnc(Cl)s1. The zero-order valence-corrected chi connectivity index (χ0v) is 16.0. The Morgan fingerprint density at radius 3 is 2.85 bits per heavy atom. The number of terminal acetylenes is 1. The van der Waals surface area contributed by atoms with Crippen molar-refractivity contribution in [3.05, 3.63) is 45.6 Å². The summed E-state index contributed by atoms with van der Waals surface area (Å²) in [7, 11) is 0. The van der Waals surface area contributed by atoms with Crippen molar-refractivity contribution >= 4 is 40.3 Å². The third kappa shape index (κ3) is 3.65. The van der Waals surface area contributed by atoms with Crippen LogP contribution in [0.25, 0.3) is 5.65 Å². The number of fused-ring (bicyclic) bond motifs is 1. The van der Waals surface area contributed by atoms with Crippen LogP contribution in [-0.4, -0.2) is 32.0 Å². The number of hydrogen-bond donors (Lipinski definition) is 1. The topological polar surface area (TPSA) is 85.5 Å². The van der Waals surface area contributed by atoms with Gasteiger partial charge in [0.05, 0.1) is 11.1 Å². The molecule has 0 aliphatic heterocycles. The minimum absolute atomic E-state index is 0.186. The van der Waals surface area contributed by atoms with Gasteiger partial charge in [0, 0.05) is 12.3 Å². The number of aromatic hydroxyl groups is 1. The number of pyridine rings is 1. The average Bonchev–Trinajstić information content (AvgIpc) is 3.16. The van der Waals surface area contributed by atoms with Gasteiger partial charge in [-0.3, -0.25) is 4.79 Å². The van der Waals surface area contributed by atoms with Crippen molar-refractivity contribution in [3.8, 4) is 18.2 Å². The molecule has 3 aromatic rings. The van der Waals surface area contributed by atoms with E-state index in [-0.39, 0.29) is 18.1 Å². The number of Topliss-reactive ketones (excluding diaryl/α,β-unsaturated/α-hetero) is 1. The number of halogens is 1. The summed E-state index contributed by atoms with van der Waals surface area (Å²) in [4.78, 5) is 29.8. The maximum atomic E-state index is 12.8. The fourth-order valence-corrected chi connectivity index (χ4v) is 3.45. The zero-order chi connectivity index (χ0) is 19.8. The number of carbonyl (C=O) groups excluding carboxylic acids is 2. The molecule has 3 rings (SSSR count). The highest BCUT2D eigenvalue weighted by atomic mass is 35.5. The van der Waals surface area contributed by atoms with E-state index in [4.69, 9.17) is 22.8 Å². The fourth-order valence-electron chi connectivity index (χ4n) is 2.48. The monoisotopic (exact) mass is 404 g/mol. The van der Waals surface area contributed by atoms with Gasteiger partial charge in [0.15, 0.2) is 10.1 Å². The molecule has 0 bridgehead atoms. The number of nitrogens with zero attached hydrogens (tertiary/aromatic N) is 3. The largest absolute Gasteiger partial charge is 0.474 e. The highest BCUT2D eigenvalue weighted by molar-refractivity contribution is 7.15. The quantitative estimate of drug-likeness (QED) is 0.232. The molecule has 0 unspecified atom stereocenters. The van der Waals surface area contributed by atoms with Crippen molar-refractivity contribution in [2.24, 2.45) is 0 Å². The first kappa shape index (κ1) is 18.9. The minimum Gasteiger partial charge on any atom is -0.474 e. The number of ketones is 1. The molecule has 0 atom stereocenters. The Morgan fingerprint density at radius 1 is 1.48 bits per heavy atom. The van der Waals surface area contributed by atoms with Crippen LogP contribution in [0.3, 0.4) is 0 Å². The summed E-state index contributed by atoms with van der Waals surface area (Å²) in [5, 5.41) is 10.6. The molecular weight excluding hydrogens is 390 g/mol. The van der Waals surface area contributed by atoms with Gasteiger partial charge in [-0.25, -0.2) is 14.3 Å². The molecule has 0 saturated heterocycles. The predicted molar refractivity (Wildman–Crippen MR) is 98.8 cm³/mol. The van der Waals surface area contributed by atoms with Crippen LogP contribution in [0.4, 0.5) is 0 Å². The summed E-state index contributed by atoms with van der Waals surface area (Å²) < 4.78 is 8.33. The third-order valence-electron chi connectivity index (χ3n) is 3.76. The molecule has 0 aromatic carbocycles. The molecule has 9 heteroatoms. The molecule has 0 saturated carbocycles.